The Kier molecular flexibility index (Phi) is 6.69. The molecule has 0 fully saturated rings. The van der Waals surface area contributed by atoms with Gasteiger partial charge in [-0.1, -0.05) is 65.7 Å². The lowest BCUT2D eigenvalue weighted by molar-refractivity contribution is 0.0280. The summed E-state index contributed by atoms with van der Waals surface area (Å²) in [5, 5.41) is 10.3. The molecule has 154 valence electrons. The predicted octanol–water partition coefficient (Wildman–Crippen LogP) is 6.69. The fourth-order valence-electron chi connectivity index (χ4n) is 3.35. The van der Waals surface area contributed by atoms with Crippen LogP contribution in [0.4, 0.5) is 0 Å². The molecule has 3 aromatic carbocycles. The molecule has 1 atom stereocenters. The Hall–Kier alpha value is -3.10. The van der Waals surface area contributed by atoms with Gasteiger partial charge in [0.25, 0.3) is 0 Å². The van der Waals surface area contributed by atoms with Gasteiger partial charge in [0.2, 0.25) is 0 Å². The van der Waals surface area contributed by atoms with Crippen molar-refractivity contribution in [2.45, 2.75) is 19.3 Å². The average Bonchev–Trinajstić information content (AvgIpc) is 3.30. The Morgan fingerprint density at radius 2 is 1.84 bits per heavy atom. The summed E-state index contributed by atoms with van der Waals surface area (Å²) in [7, 11) is 0. The first kappa shape index (κ1) is 21.1. The first-order valence-corrected chi connectivity index (χ1v) is 10.5. The molecule has 0 saturated heterocycles. The summed E-state index contributed by atoms with van der Waals surface area (Å²) in [6, 6.07) is 23.3. The highest BCUT2D eigenvalue weighted by Crippen LogP contribution is 2.30. The van der Waals surface area contributed by atoms with E-state index >= 15 is 0 Å². The highest BCUT2D eigenvalue weighted by atomic mass is 35.5. The zero-order valence-corrected chi connectivity index (χ0v) is 18.1. The lowest BCUT2D eigenvalue weighted by atomic mass is 10.0. The molecule has 4 aromatic rings. The first-order valence-electron chi connectivity index (χ1n) is 9.74. The highest BCUT2D eigenvalue weighted by molar-refractivity contribution is 6.35. The molecule has 1 aromatic heterocycles. The average molecular weight is 448 g/mol. The van der Waals surface area contributed by atoms with Gasteiger partial charge in [0.15, 0.2) is 0 Å². The molecule has 4 nitrogen and oxygen atoms in total. The molecule has 0 bridgehead atoms. The second kappa shape index (κ2) is 9.80. The van der Waals surface area contributed by atoms with E-state index in [9.17, 15) is 0 Å². The maximum Gasteiger partial charge on any atom is 0.102 e. The van der Waals surface area contributed by atoms with Crippen molar-refractivity contribution in [3.8, 4) is 17.2 Å². The van der Waals surface area contributed by atoms with Gasteiger partial charge in [0.05, 0.1) is 31.1 Å². The lowest BCUT2D eigenvalue weighted by Gasteiger charge is -2.20. The van der Waals surface area contributed by atoms with Crippen LogP contribution in [0.5, 0.6) is 0 Å². The van der Waals surface area contributed by atoms with Crippen molar-refractivity contribution < 1.29 is 4.74 Å². The molecule has 0 aliphatic rings. The Morgan fingerprint density at radius 1 is 1.00 bits per heavy atom. The van der Waals surface area contributed by atoms with Gasteiger partial charge in [-0.3, -0.25) is 0 Å². The molecular formula is C25H19Cl2N3O. The number of hydrogen-bond donors (Lipinski definition) is 0. The number of nitriles is 1. The van der Waals surface area contributed by atoms with Gasteiger partial charge in [-0.05, 0) is 41.0 Å². The smallest absolute Gasteiger partial charge is 0.102 e. The Balaban J connectivity index is 1.50. The third kappa shape index (κ3) is 5.34. The van der Waals surface area contributed by atoms with Crippen molar-refractivity contribution in [1.29, 1.82) is 5.26 Å². The van der Waals surface area contributed by atoms with Gasteiger partial charge in [0, 0.05) is 28.0 Å². The van der Waals surface area contributed by atoms with Crippen molar-refractivity contribution >= 4 is 23.2 Å². The fourth-order valence-corrected chi connectivity index (χ4v) is 3.88. The van der Waals surface area contributed by atoms with Crippen LogP contribution in [0.2, 0.25) is 10.0 Å². The van der Waals surface area contributed by atoms with Crippen molar-refractivity contribution in [1.82, 2.24) is 9.55 Å². The van der Waals surface area contributed by atoms with E-state index in [1.54, 1.807) is 24.7 Å². The van der Waals surface area contributed by atoms with E-state index in [0.717, 1.165) is 22.3 Å². The molecule has 1 unspecified atom stereocenters. The van der Waals surface area contributed by atoms with Crippen LogP contribution < -0.4 is 0 Å². The molecule has 0 spiro atoms. The van der Waals surface area contributed by atoms with E-state index in [-0.39, 0.29) is 6.10 Å². The van der Waals surface area contributed by atoms with Crippen LogP contribution in [0.25, 0.3) is 11.1 Å². The van der Waals surface area contributed by atoms with Gasteiger partial charge < -0.3 is 9.30 Å². The summed E-state index contributed by atoms with van der Waals surface area (Å²) in [6.07, 6.45) is 5.13. The van der Waals surface area contributed by atoms with E-state index in [2.05, 4.69) is 11.1 Å². The molecule has 0 amide bonds. The molecule has 0 aliphatic carbocycles. The molecule has 31 heavy (non-hydrogen) atoms. The summed E-state index contributed by atoms with van der Waals surface area (Å²) in [5.74, 6) is 0. The van der Waals surface area contributed by atoms with Gasteiger partial charge in [0.1, 0.15) is 6.10 Å². The Bertz CT molecular complexity index is 1200. The first-order chi connectivity index (χ1) is 15.1. The Morgan fingerprint density at radius 3 is 2.55 bits per heavy atom. The molecule has 0 aliphatic heterocycles. The fraction of sp³-hybridized carbons (Fsp3) is 0.120. The second-order valence-corrected chi connectivity index (χ2v) is 7.96. The van der Waals surface area contributed by atoms with Gasteiger partial charge in [-0.25, -0.2) is 4.98 Å². The standard InChI is InChI=1S/C25H19Cl2N3O/c26-22-8-9-23(24(27)13-22)25(15-30-11-10-29-17-30)31-16-18-4-6-20(7-5-18)21-3-1-2-19(12-21)14-28/h1-13,17,25H,15-16H2. The van der Waals surface area contributed by atoms with Crippen molar-refractivity contribution in [2.24, 2.45) is 0 Å². The summed E-state index contributed by atoms with van der Waals surface area (Å²) in [5.41, 5.74) is 4.63. The molecule has 0 saturated carbocycles. The Labute approximate surface area is 191 Å². The minimum absolute atomic E-state index is 0.258. The highest BCUT2D eigenvalue weighted by Gasteiger charge is 2.17. The molecule has 1 heterocycles. The van der Waals surface area contributed by atoms with Crippen LogP contribution in [0.15, 0.2) is 85.5 Å². The lowest BCUT2D eigenvalue weighted by Crippen LogP contribution is -2.12. The SMILES string of the molecule is N#Cc1cccc(-c2ccc(COC(Cn3ccnc3)c3ccc(Cl)cc3Cl)cc2)c1. The van der Waals surface area contributed by atoms with Gasteiger partial charge in [-0.15, -0.1) is 0 Å². The van der Waals surface area contributed by atoms with Crippen LogP contribution in [-0.4, -0.2) is 9.55 Å². The maximum absolute atomic E-state index is 9.11. The van der Waals surface area contributed by atoms with Gasteiger partial charge >= 0.3 is 0 Å². The largest absolute Gasteiger partial charge is 0.367 e. The van der Waals surface area contributed by atoms with E-state index in [1.165, 1.54) is 0 Å². The number of halogens is 2. The summed E-state index contributed by atoms with van der Waals surface area (Å²) >= 11 is 12.5. The van der Waals surface area contributed by atoms with Crippen molar-refractivity contribution in [3.05, 3.63) is 112 Å². The summed E-state index contributed by atoms with van der Waals surface area (Å²) < 4.78 is 8.23. The zero-order valence-electron chi connectivity index (χ0n) is 16.6. The van der Waals surface area contributed by atoms with E-state index in [1.807, 2.05) is 65.4 Å². The number of ether oxygens (including phenoxy) is 1. The number of nitrogens with zero attached hydrogens (tertiary/aromatic N) is 3. The second-order valence-electron chi connectivity index (χ2n) is 7.11. The van der Waals surface area contributed by atoms with Crippen LogP contribution in [0, 0.1) is 11.3 Å². The molecule has 4 rings (SSSR count). The van der Waals surface area contributed by atoms with Gasteiger partial charge in [-0.2, -0.15) is 5.26 Å². The van der Waals surface area contributed by atoms with E-state index in [0.29, 0.717) is 28.8 Å². The van der Waals surface area contributed by atoms with Crippen molar-refractivity contribution in [2.75, 3.05) is 0 Å². The molecule has 0 N–H and O–H groups in total. The summed E-state index contributed by atoms with van der Waals surface area (Å²) in [4.78, 5) is 4.11. The number of imidazole rings is 1. The number of hydrogen-bond acceptors (Lipinski definition) is 3. The van der Waals surface area contributed by atoms with Crippen molar-refractivity contribution in [3.63, 3.8) is 0 Å². The maximum atomic E-state index is 9.11. The number of rotatable bonds is 7. The molecule has 0 radical (unpaired) electrons. The molecule has 6 heteroatoms. The normalized spacial score (nSPS) is 11.8. The third-order valence-corrected chi connectivity index (χ3v) is 5.54. The van der Waals surface area contributed by atoms with Crippen LogP contribution in [0.1, 0.15) is 22.8 Å². The summed E-state index contributed by atoms with van der Waals surface area (Å²) in [6.45, 7) is 1.01. The predicted molar refractivity (Wildman–Crippen MR) is 123 cm³/mol. The van der Waals surface area contributed by atoms with Crippen LogP contribution in [-0.2, 0) is 17.9 Å². The van der Waals surface area contributed by atoms with Crippen LogP contribution in [0.3, 0.4) is 0 Å². The minimum atomic E-state index is -0.258. The quantitative estimate of drug-likeness (QED) is 0.317. The van der Waals surface area contributed by atoms with E-state index < -0.39 is 0 Å². The number of benzene rings is 3. The van der Waals surface area contributed by atoms with Crippen LogP contribution >= 0.6 is 23.2 Å². The minimum Gasteiger partial charge on any atom is -0.367 e. The monoisotopic (exact) mass is 447 g/mol. The zero-order chi connectivity index (χ0) is 21.6. The third-order valence-electron chi connectivity index (χ3n) is 4.98. The molecular weight excluding hydrogens is 429 g/mol. The topological polar surface area (TPSA) is 50.8 Å². The van der Waals surface area contributed by atoms with E-state index in [4.69, 9.17) is 33.2 Å². The number of aromatic nitrogens is 2.